The van der Waals surface area contributed by atoms with E-state index in [0.717, 1.165) is 16.8 Å². The SMILES string of the molecule is Cc1cccc(F)c1NC(C)c1cn(C)nc1C. The van der Waals surface area contributed by atoms with Crippen LogP contribution in [-0.2, 0) is 7.05 Å². The van der Waals surface area contributed by atoms with E-state index in [1.165, 1.54) is 6.07 Å². The lowest BCUT2D eigenvalue weighted by Gasteiger charge is -2.17. The quantitative estimate of drug-likeness (QED) is 0.901. The van der Waals surface area contributed by atoms with Crippen LogP contribution in [-0.4, -0.2) is 9.78 Å². The first kappa shape index (κ1) is 12.6. The second kappa shape index (κ2) is 4.80. The fourth-order valence-electron chi connectivity index (χ4n) is 2.15. The number of para-hydroxylation sites is 1. The number of aryl methyl sites for hydroxylation is 3. The van der Waals surface area contributed by atoms with Crippen molar-refractivity contribution in [2.75, 3.05) is 5.32 Å². The molecule has 18 heavy (non-hydrogen) atoms. The van der Waals surface area contributed by atoms with Crippen molar-refractivity contribution in [3.63, 3.8) is 0 Å². The predicted molar refractivity (Wildman–Crippen MR) is 71.1 cm³/mol. The van der Waals surface area contributed by atoms with Crippen molar-refractivity contribution in [3.8, 4) is 0 Å². The number of halogens is 1. The van der Waals surface area contributed by atoms with Gasteiger partial charge in [0, 0.05) is 18.8 Å². The Morgan fingerprint density at radius 3 is 2.61 bits per heavy atom. The summed E-state index contributed by atoms with van der Waals surface area (Å²) in [4.78, 5) is 0. The van der Waals surface area contributed by atoms with E-state index in [1.807, 2.05) is 40.1 Å². The van der Waals surface area contributed by atoms with E-state index >= 15 is 0 Å². The van der Waals surface area contributed by atoms with Gasteiger partial charge >= 0.3 is 0 Å². The number of hydrogen-bond donors (Lipinski definition) is 1. The molecule has 1 unspecified atom stereocenters. The lowest BCUT2D eigenvalue weighted by atomic mass is 10.1. The van der Waals surface area contributed by atoms with Crippen LogP contribution in [0.25, 0.3) is 0 Å². The molecule has 1 atom stereocenters. The summed E-state index contributed by atoms with van der Waals surface area (Å²) in [5, 5.41) is 7.52. The molecule has 0 aliphatic heterocycles. The molecule has 0 radical (unpaired) electrons. The lowest BCUT2D eigenvalue weighted by molar-refractivity contribution is 0.626. The summed E-state index contributed by atoms with van der Waals surface area (Å²) in [5.74, 6) is -0.219. The zero-order chi connectivity index (χ0) is 13.3. The molecule has 0 bridgehead atoms. The van der Waals surface area contributed by atoms with Gasteiger partial charge in [0.25, 0.3) is 0 Å². The lowest BCUT2D eigenvalue weighted by Crippen LogP contribution is -2.09. The maximum atomic E-state index is 13.7. The highest BCUT2D eigenvalue weighted by Crippen LogP contribution is 2.25. The molecule has 1 heterocycles. The van der Waals surface area contributed by atoms with Gasteiger partial charge < -0.3 is 5.32 Å². The van der Waals surface area contributed by atoms with Crippen LogP contribution < -0.4 is 5.32 Å². The Balaban J connectivity index is 2.26. The highest BCUT2D eigenvalue weighted by Gasteiger charge is 2.14. The Bertz CT molecular complexity index is 540. The summed E-state index contributed by atoms with van der Waals surface area (Å²) < 4.78 is 15.5. The Morgan fingerprint density at radius 1 is 1.33 bits per heavy atom. The molecule has 4 heteroatoms. The van der Waals surface area contributed by atoms with E-state index in [2.05, 4.69) is 10.4 Å². The summed E-state index contributed by atoms with van der Waals surface area (Å²) in [6.07, 6.45) is 1.96. The summed E-state index contributed by atoms with van der Waals surface area (Å²) in [5.41, 5.74) is 3.52. The van der Waals surface area contributed by atoms with Gasteiger partial charge in [0.05, 0.1) is 17.4 Å². The van der Waals surface area contributed by atoms with Gasteiger partial charge in [-0.15, -0.1) is 0 Å². The fourth-order valence-corrected chi connectivity index (χ4v) is 2.15. The van der Waals surface area contributed by atoms with E-state index < -0.39 is 0 Å². The smallest absolute Gasteiger partial charge is 0.146 e. The number of aromatic nitrogens is 2. The Morgan fingerprint density at radius 2 is 2.06 bits per heavy atom. The highest BCUT2D eigenvalue weighted by atomic mass is 19.1. The van der Waals surface area contributed by atoms with Crippen LogP contribution in [0.3, 0.4) is 0 Å². The molecule has 1 aromatic carbocycles. The van der Waals surface area contributed by atoms with Gasteiger partial charge in [0.1, 0.15) is 5.82 Å². The van der Waals surface area contributed by atoms with Gasteiger partial charge in [-0.25, -0.2) is 4.39 Å². The summed E-state index contributed by atoms with van der Waals surface area (Å²) in [6, 6.07) is 5.11. The van der Waals surface area contributed by atoms with Crippen LogP contribution in [0.5, 0.6) is 0 Å². The molecular formula is C14H18FN3. The Labute approximate surface area is 107 Å². The standard InChI is InChI=1S/C14H18FN3/c1-9-6-5-7-13(15)14(9)16-10(2)12-8-18(4)17-11(12)3/h5-8,10,16H,1-4H3. The number of anilines is 1. The molecule has 0 spiro atoms. The third kappa shape index (κ3) is 2.37. The van der Waals surface area contributed by atoms with Crippen molar-refractivity contribution in [1.82, 2.24) is 9.78 Å². The van der Waals surface area contributed by atoms with Crippen LogP contribution in [0, 0.1) is 19.7 Å². The third-order valence-electron chi connectivity index (χ3n) is 3.10. The average molecular weight is 247 g/mol. The van der Waals surface area contributed by atoms with E-state index in [0.29, 0.717) is 5.69 Å². The zero-order valence-electron chi connectivity index (χ0n) is 11.2. The van der Waals surface area contributed by atoms with Crippen molar-refractivity contribution < 1.29 is 4.39 Å². The third-order valence-corrected chi connectivity index (χ3v) is 3.10. The van der Waals surface area contributed by atoms with Crippen LogP contribution in [0.4, 0.5) is 10.1 Å². The second-order valence-electron chi connectivity index (χ2n) is 4.64. The van der Waals surface area contributed by atoms with Crippen molar-refractivity contribution in [2.24, 2.45) is 7.05 Å². The topological polar surface area (TPSA) is 29.9 Å². The van der Waals surface area contributed by atoms with E-state index in [4.69, 9.17) is 0 Å². The van der Waals surface area contributed by atoms with Gasteiger partial charge in [-0.05, 0) is 32.4 Å². The van der Waals surface area contributed by atoms with Crippen molar-refractivity contribution in [3.05, 3.63) is 47.0 Å². The maximum absolute atomic E-state index is 13.7. The molecule has 2 aromatic rings. The molecule has 96 valence electrons. The van der Waals surface area contributed by atoms with Crippen molar-refractivity contribution in [2.45, 2.75) is 26.8 Å². The first-order chi connectivity index (χ1) is 8.49. The van der Waals surface area contributed by atoms with Gasteiger partial charge in [-0.2, -0.15) is 5.10 Å². The molecule has 0 saturated heterocycles. The average Bonchev–Trinajstić information content (AvgIpc) is 2.63. The summed E-state index contributed by atoms with van der Waals surface area (Å²) in [6.45, 7) is 5.87. The van der Waals surface area contributed by atoms with Crippen LogP contribution >= 0.6 is 0 Å². The number of nitrogens with zero attached hydrogens (tertiary/aromatic N) is 2. The monoisotopic (exact) mass is 247 g/mol. The maximum Gasteiger partial charge on any atom is 0.146 e. The normalized spacial score (nSPS) is 12.5. The van der Waals surface area contributed by atoms with E-state index in [1.54, 1.807) is 10.7 Å². The Hall–Kier alpha value is -1.84. The first-order valence-electron chi connectivity index (χ1n) is 6.01. The van der Waals surface area contributed by atoms with Gasteiger partial charge in [-0.3, -0.25) is 4.68 Å². The number of nitrogens with one attached hydrogen (secondary N) is 1. The predicted octanol–water partition coefficient (Wildman–Crippen LogP) is 3.35. The van der Waals surface area contributed by atoms with Gasteiger partial charge in [0.15, 0.2) is 0 Å². The minimum Gasteiger partial charge on any atom is -0.376 e. The molecule has 1 aromatic heterocycles. The minimum atomic E-state index is -0.219. The molecular weight excluding hydrogens is 229 g/mol. The van der Waals surface area contributed by atoms with Gasteiger partial charge in [0.2, 0.25) is 0 Å². The minimum absolute atomic E-state index is 0.0225. The molecule has 0 aliphatic carbocycles. The molecule has 3 nitrogen and oxygen atoms in total. The highest BCUT2D eigenvalue weighted by molar-refractivity contribution is 5.53. The molecule has 2 rings (SSSR count). The van der Waals surface area contributed by atoms with Crippen molar-refractivity contribution >= 4 is 5.69 Å². The first-order valence-corrected chi connectivity index (χ1v) is 6.01. The number of benzene rings is 1. The van der Waals surface area contributed by atoms with Crippen LogP contribution in [0.1, 0.15) is 29.8 Å². The Kier molecular flexibility index (Phi) is 3.36. The van der Waals surface area contributed by atoms with Crippen molar-refractivity contribution in [1.29, 1.82) is 0 Å². The molecule has 0 aliphatic rings. The number of rotatable bonds is 3. The largest absolute Gasteiger partial charge is 0.376 e. The fraction of sp³-hybridized carbons (Fsp3) is 0.357. The number of hydrogen-bond acceptors (Lipinski definition) is 2. The zero-order valence-corrected chi connectivity index (χ0v) is 11.2. The van der Waals surface area contributed by atoms with E-state index in [-0.39, 0.29) is 11.9 Å². The molecule has 0 saturated carbocycles. The second-order valence-corrected chi connectivity index (χ2v) is 4.64. The van der Waals surface area contributed by atoms with Gasteiger partial charge in [-0.1, -0.05) is 12.1 Å². The molecule has 1 N–H and O–H groups in total. The molecule has 0 amide bonds. The van der Waals surface area contributed by atoms with Crippen LogP contribution in [0.15, 0.2) is 24.4 Å². The van der Waals surface area contributed by atoms with E-state index in [9.17, 15) is 4.39 Å². The summed E-state index contributed by atoms with van der Waals surface area (Å²) >= 11 is 0. The summed E-state index contributed by atoms with van der Waals surface area (Å²) in [7, 11) is 1.89. The molecule has 0 fully saturated rings. The van der Waals surface area contributed by atoms with Crippen LogP contribution in [0.2, 0.25) is 0 Å².